The van der Waals surface area contributed by atoms with Crippen LogP contribution in [0.1, 0.15) is 5.56 Å². The third-order valence-corrected chi connectivity index (χ3v) is 6.03. The van der Waals surface area contributed by atoms with Crippen molar-refractivity contribution in [2.45, 2.75) is 6.92 Å². The molecule has 1 aliphatic rings. The Hall–Kier alpha value is -3.89. The Bertz CT molecular complexity index is 1320. The number of nitro benzene ring substituents is 1. The van der Waals surface area contributed by atoms with Crippen LogP contribution >= 0.6 is 0 Å². The molecule has 34 heavy (non-hydrogen) atoms. The van der Waals surface area contributed by atoms with E-state index in [1.165, 1.54) is 6.39 Å². The zero-order valence-corrected chi connectivity index (χ0v) is 18.7. The molecular weight excluding hydrogens is 436 g/mol. The Balaban J connectivity index is 1.54. The number of pyridine rings is 1. The molecule has 2 aromatic carbocycles. The molecule has 0 bridgehead atoms. The van der Waals surface area contributed by atoms with Crippen molar-refractivity contribution in [3.05, 3.63) is 64.7 Å². The highest BCUT2D eigenvalue weighted by molar-refractivity contribution is 6.00. The van der Waals surface area contributed by atoms with E-state index in [-0.39, 0.29) is 10.6 Å². The number of hydrogen-bond donors (Lipinski definition) is 1. The van der Waals surface area contributed by atoms with E-state index in [2.05, 4.69) is 25.4 Å². The van der Waals surface area contributed by atoms with Gasteiger partial charge >= 0.3 is 0 Å². The van der Waals surface area contributed by atoms with Gasteiger partial charge in [-0.05, 0) is 30.2 Å². The molecule has 1 fully saturated rings. The highest BCUT2D eigenvalue weighted by Crippen LogP contribution is 2.36. The highest BCUT2D eigenvalue weighted by Gasteiger charge is 2.18. The van der Waals surface area contributed by atoms with Gasteiger partial charge in [0.25, 0.3) is 11.6 Å². The van der Waals surface area contributed by atoms with Crippen molar-refractivity contribution in [1.29, 1.82) is 0 Å². The molecule has 1 aliphatic heterocycles. The van der Waals surface area contributed by atoms with Crippen LogP contribution in [0, 0.1) is 17.0 Å². The van der Waals surface area contributed by atoms with Crippen molar-refractivity contribution in [3.8, 4) is 22.6 Å². The second-order valence-electron chi connectivity index (χ2n) is 8.16. The summed E-state index contributed by atoms with van der Waals surface area (Å²) in [7, 11) is 0. The normalized spacial score (nSPS) is 14.4. The summed E-state index contributed by atoms with van der Waals surface area (Å²) in [5.41, 5.74) is 4.69. The Morgan fingerprint density at radius 1 is 1.15 bits per heavy atom. The zero-order valence-electron chi connectivity index (χ0n) is 18.7. The van der Waals surface area contributed by atoms with Gasteiger partial charge in [0.15, 0.2) is 0 Å². The number of aromatic nitrogens is 3. The van der Waals surface area contributed by atoms with Gasteiger partial charge in [0, 0.05) is 49.4 Å². The first kappa shape index (κ1) is 21.9. The van der Waals surface area contributed by atoms with Crippen molar-refractivity contribution >= 4 is 22.3 Å². The van der Waals surface area contributed by atoms with E-state index in [4.69, 9.17) is 9.15 Å². The molecule has 4 aromatic rings. The lowest BCUT2D eigenvalue weighted by molar-refractivity contribution is -0.385. The van der Waals surface area contributed by atoms with Crippen molar-refractivity contribution in [2.24, 2.45) is 0 Å². The second kappa shape index (κ2) is 9.54. The molecule has 0 radical (unpaired) electrons. The standard InChI is InChI=1S/C24H24N6O4/c1-16-2-3-18(13-22(16)30(31)32)17-4-5-21-19(12-17)23(20(14-26-21)24-28-27-15-34-24)25-6-7-29-8-10-33-11-9-29/h2-5,12-15H,6-11H2,1H3,(H,25,26). The van der Waals surface area contributed by atoms with Crippen molar-refractivity contribution in [3.63, 3.8) is 0 Å². The van der Waals surface area contributed by atoms with Gasteiger partial charge < -0.3 is 14.5 Å². The van der Waals surface area contributed by atoms with Gasteiger partial charge in [-0.3, -0.25) is 20.0 Å². The molecule has 0 aliphatic carbocycles. The first-order chi connectivity index (χ1) is 16.6. The molecule has 10 nitrogen and oxygen atoms in total. The van der Waals surface area contributed by atoms with E-state index in [0.717, 1.165) is 60.6 Å². The summed E-state index contributed by atoms with van der Waals surface area (Å²) in [6, 6.07) is 11.1. The summed E-state index contributed by atoms with van der Waals surface area (Å²) in [6.45, 7) is 6.62. The number of anilines is 1. The lowest BCUT2D eigenvalue weighted by Crippen LogP contribution is -2.39. The molecule has 10 heteroatoms. The van der Waals surface area contributed by atoms with Crippen LogP contribution in [0.3, 0.4) is 0 Å². The van der Waals surface area contributed by atoms with Crippen LogP contribution in [-0.4, -0.2) is 64.4 Å². The zero-order chi connectivity index (χ0) is 23.5. The summed E-state index contributed by atoms with van der Waals surface area (Å²) in [6.07, 6.45) is 3.02. The van der Waals surface area contributed by atoms with Crippen LogP contribution < -0.4 is 5.32 Å². The minimum Gasteiger partial charge on any atom is -0.423 e. The summed E-state index contributed by atoms with van der Waals surface area (Å²) < 4.78 is 10.9. The van der Waals surface area contributed by atoms with Gasteiger partial charge in [-0.2, -0.15) is 0 Å². The van der Waals surface area contributed by atoms with Crippen LogP contribution in [0.5, 0.6) is 0 Å². The van der Waals surface area contributed by atoms with Gasteiger partial charge in [-0.25, -0.2) is 0 Å². The number of hydrogen-bond acceptors (Lipinski definition) is 9. The Labute approximate surface area is 195 Å². The van der Waals surface area contributed by atoms with Gasteiger partial charge in [0.2, 0.25) is 6.39 Å². The number of fused-ring (bicyclic) bond motifs is 1. The lowest BCUT2D eigenvalue weighted by atomic mass is 9.99. The van der Waals surface area contributed by atoms with Crippen molar-refractivity contribution in [1.82, 2.24) is 20.1 Å². The molecule has 2 aromatic heterocycles. The Morgan fingerprint density at radius 3 is 2.71 bits per heavy atom. The molecule has 174 valence electrons. The van der Waals surface area contributed by atoms with Gasteiger partial charge in [-0.15, -0.1) is 10.2 Å². The summed E-state index contributed by atoms with van der Waals surface area (Å²) >= 11 is 0. The van der Waals surface area contributed by atoms with Gasteiger partial charge in [0.1, 0.15) is 0 Å². The van der Waals surface area contributed by atoms with Crippen molar-refractivity contribution < 1.29 is 14.1 Å². The average Bonchev–Trinajstić information content (AvgIpc) is 3.39. The minimum absolute atomic E-state index is 0.0965. The lowest BCUT2D eigenvalue weighted by Gasteiger charge is -2.27. The summed E-state index contributed by atoms with van der Waals surface area (Å²) in [4.78, 5) is 18.0. The van der Waals surface area contributed by atoms with E-state index >= 15 is 0 Å². The van der Waals surface area contributed by atoms with Gasteiger partial charge in [0.05, 0.1) is 34.9 Å². The Kier molecular flexibility index (Phi) is 6.15. The molecule has 0 spiro atoms. The fourth-order valence-corrected chi connectivity index (χ4v) is 4.16. The van der Waals surface area contributed by atoms with E-state index < -0.39 is 0 Å². The molecular formula is C24H24N6O4. The Morgan fingerprint density at radius 2 is 1.94 bits per heavy atom. The molecule has 3 heterocycles. The molecule has 0 saturated carbocycles. The van der Waals surface area contributed by atoms with E-state index in [1.54, 1.807) is 25.3 Å². The van der Waals surface area contributed by atoms with E-state index in [0.29, 0.717) is 23.6 Å². The summed E-state index contributed by atoms with van der Waals surface area (Å²) in [5.74, 6) is 0.375. The number of aryl methyl sites for hydroxylation is 1. The van der Waals surface area contributed by atoms with Crippen LogP contribution in [0.2, 0.25) is 0 Å². The van der Waals surface area contributed by atoms with Crippen LogP contribution in [0.4, 0.5) is 11.4 Å². The fourth-order valence-electron chi connectivity index (χ4n) is 4.16. The average molecular weight is 460 g/mol. The van der Waals surface area contributed by atoms with Crippen LogP contribution in [0.15, 0.2) is 53.4 Å². The largest absolute Gasteiger partial charge is 0.423 e. The number of ether oxygens (including phenoxy) is 1. The number of nitrogens with zero attached hydrogens (tertiary/aromatic N) is 5. The topological polar surface area (TPSA) is 119 Å². The maximum absolute atomic E-state index is 11.4. The van der Waals surface area contributed by atoms with Crippen LogP contribution in [0.25, 0.3) is 33.5 Å². The predicted octanol–water partition coefficient (Wildman–Crippen LogP) is 3.91. The third kappa shape index (κ3) is 4.45. The number of rotatable bonds is 7. The highest BCUT2D eigenvalue weighted by atomic mass is 16.6. The fraction of sp³-hybridized carbons (Fsp3) is 0.292. The molecule has 1 N–H and O–H groups in total. The maximum atomic E-state index is 11.4. The first-order valence-electron chi connectivity index (χ1n) is 11.1. The predicted molar refractivity (Wildman–Crippen MR) is 128 cm³/mol. The molecule has 5 rings (SSSR count). The van der Waals surface area contributed by atoms with E-state index in [1.807, 2.05) is 24.3 Å². The van der Waals surface area contributed by atoms with E-state index in [9.17, 15) is 10.1 Å². The number of nitrogens with one attached hydrogen (secondary N) is 1. The minimum atomic E-state index is -0.353. The number of benzene rings is 2. The molecule has 0 amide bonds. The first-order valence-corrected chi connectivity index (χ1v) is 11.1. The SMILES string of the molecule is Cc1ccc(-c2ccc3ncc(-c4nnco4)c(NCCN4CCOCC4)c3c2)cc1[N+](=O)[O-]. The third-order valence-electron chi connectivity index (χ3n) is 6.03. The molecule has 0 atom stereocenters. The van der Waals surface area contributed by atoms with Crippen molar-refractivity contribution in [2.75, 3.05) is 44.7 Å². The quantitative estimate of drug-likeness (QED) is 0.323. The molecule has 0 unspecified atom stereocenters. The maximum Gasteiger partial charge on any atom is 0.272 e. The monoisotopic (exact) mass is 460 g/mol. The summed E-state index contributed by atoms with van der Waals surface area (Å²) in [5, 5.41) is 23.8. The smallest absolute Gasteiger partial charge is 0.272 e. The second-order valence-corrected chi connectivity index (χ2v) is 8.16. The number of nitro groups is 1. The molecule has 1 saturated heterocycles. The number of morpholine rings is 1. The van der Waals surface area contributed by atoms with Crippen LogP contribution in [-0.2, 0) is 4.74 Å². The van der Waals surface area contributed by atoms with Gasteiger partial charge in [-0.1, -0.05) is 18.2 Å².